The van der Waals surface area contributed by atoms with Crippen molar-refractivity contribution in [3.63, 3.8) is 0 Å². The standard InChI is InChI=1S/C11H11N3.3C2H6/c1-8-12-9(2)14-11(13-8)10-6-4-3-5-7-10;3*1-2/h3-7H,1-2H3;3*1-2H3. The summed E-state index contributed by atoms with van der Waals surface area (Å²) >= 11 is 0. The van der Waals surface area contributed by atoms with Gasteiger partial charge in [0.1, 0.15) is 11.6 Å². The Balaban J connectivity index is 0. The van der Waals surface area contributed by atoms with E-state index in [-0.39, 0.29) is 0 Å². The van der Waals surface area contributed by atoms with E-state index in [1.807, 2.05) is 85.7 Å². The topological polar surface area (TPSA) is 38.7 Å². The predicted molar refractivity (Wildman–Crippen MR) is 88.8 cm³/mol. The molecule has 0 N–H and O–H groups in total. The molecule has 3 heteroatoms. The molecule has 0 saturated carbocycles. The van der Waals surface area contributed by atoms with E-state index in [1.54, 1.807) is 0 Å². The van der Waals surface area contributed by atoms with E-state index < -0.39 is 0 Å². The smallest absolute Gasteiger partial charge is 0.163 e. The third-order valence-corrected chi connectivity index (χ3v) is 1.89. The monoisotopic (exact) mass is 275 g/mol. The zero-order valence-corrected chi connectivity index (χ0v) is 14.2. The summed E-state index contributed by atoms with van der Waals surface area (Å²) in [5.41, 5.74) is 1.03. The van der Waals surface area contributed by atoms with Crippen LogP contribution in [0.15, 0.2) is 30.3 Å². The molecule has 0 fully saturated rings. The summed E-state index contributed by atoms with van der Waals surface area (Å²) in [7, 11) is 0. The van der Waals surface area contributed by atoms with E-state index in [9.17, 15) is 0 Å². The molecule has 1 aromatic heterocycles. The third-order valence-electron chi connectivity index (χ3n) is 1.89. The van der Waals surface area contributed by atoms with Crippen molar-refractivity contribution in [3.8, 4) is 11.4 Å². The van der Waals surface area contributed by atoms with Gasteiger partial charge in [0.05, 0.1) is 0 Å². The van der Waals surface area contributed by atoms with Crippen molar-refractivity contribution in [1.82, 2.24) is 15.0 Å². The van der Waals surface area contributed by atoms with Crippen LogP contribution in [0, 0.1) is 13.8 Å². The van der Waals surface area contributed by atoms with Gasteiger partial charge in [-0.25, -0.2) is 15.0 Å². The van der Waals surface area contributed by atoms with Crippen molar-refractivity contribution in [1.29, 1.82) is 0 Å². The maximum Gasteiger partial charge on any atom is 0.163 e. The Kier molecular flexibility index (Phi) is 14.0. The normalized spacial score (nSPS) is 8.00. The molecule has 2 rings (SSSR count). The quantitative estimate of drug-likeness (QED) is 0.715. The van der Waals surface area contributed by atoms with E-state index in [4.69, 9.17) is 0 Å². The van der Waals surface area contributed by atoms with Crippen LogP contribution in [0.1, 0.15) is 53.2 Å². The molecule has 20 heavy (non-hydrogen) atoms. The van der Waals surface area contributed by atoms with E-state index in [0.29, 0.717) is 0 Å². The molecule has 0 aliphatic heterocycles. The molecule has 0 spiro atoms. The summed E-state index contributed by atoms with van der Waals surface area (Å²) in [5.74, 6) is 2.27. The first kappa shape index (κ1) is 20.5. The van der Waals surface area contributed by atoms with Crippen molar-refractivity contribution in [2.75, 3.05) is 0 Å². The van der Waals surface area contributed by atoms with Gasteiger partial charge in [-0.3, -0.25) is 0 Å². The average molecular weight is 275 g/mol. The Morgan fingerprint density at radius 3 is 1.40 bits per heavy atom. The first-order chi connectivity index (χ1) is 9.75. The Bertz CT molecular complexity index is 419. The first-order valence-corrected chi connectivity index (χ1v) is 7.50. The van der Waals surface area contributed by atoms with Gasteiger partial charge in [0.15, 0.2) is 5.82 Å². The van der Waals surface area contributed by atoms with Gasteiger partial charge in [-0.05, 0) is 13.8 Å². The SMILES string of the molecule is CC.CC.CC.Cc1nc(C)nc(-c2ccccc2)n1. The molecule has 0 aliphatic carbocycles. The minimum Gasteiger partial charge on any atom is -0.219 e. The molecule has 0 bridgehead atoms. The average Bonchev–Trinajstić information content (AvgIpc) is 2.53. The lowest BCUT2D eigenvalue weighted by molar-refractivity contribution is 0.928. The van der Waals surface area contributed by atoms with Crippen LogP contribution in [0.25, 0.3) is 11.4 Å². The molecular formula is C17H29N3. The van der Waals surface area contributed by atoms with Crippen molar-refractivity contribution in [2.45, 2.75) is 55.4 Å². The second-order valence-corrected chi connectivity index (χ2v) is 3.12. The molecular weight excluding hydrogens is 246 g/mol. The van der Waals surface area contributed by atoms with Crippen LogP contribution < -0.4 is 0 Å². The Hall–Kier alpha value is -1.77. The summed E-state index contributed by atoms with van der Waals surface area (Å²) < 4.78 is 0. The van der Waals surface area contributed by atoms with Gasteiger partial charge in [0, 0.05) is 5.56 Å². The lowest BCUT2D eigenvalue weighted by Crippen LogP contribution is -1.98. The predicted octanol–water partition coefficient (Wildman–Crippen LogP) is 5.23. The van der Waals surface area contributed by atoms with Gasteiger partial charge in [0.2, 0.25) is 0 Å². The van der Waals surface area contributed by atoms with Crippen molar-refractivity contribution < 1.29 is 0 Å². The van der Waals surface area contributed by atoms with Crippen LogP contribution in [0.3, 0.4) is 0 Å². The summed E-state index contributed by atoms with van der Waals surface area (Å²) in [6, 6.07) is 9.92. The second-order valence-electron chi connectivity index (χ2n) is 3.12. The van der Waals surface area contributed by atoms with E-state index in [1.165, 1.54) is 0 Å². The second kappa shape index (κ2) is 13.7. The first-order valence-electron chi connectivity index (χ1n) is 7.50. The van der Waals surface area contributed by atoms with Gasteiger partial charge >= 0.3 is 0 Å². The molecule has 0 aliphatic rings. The van der Waals surface area contributed by atoms with Crippen LogP contribution >= 0.6 is 0 Å². The number of benzene rings is 1. The van der Waals surface area contributed by atoms with Gasteiger partial charge in [0.25, 0.3) is 0 Å². The fraction of sp³-hybridized carbons (Fsp3) is 0.471. The zero-order chi connectivity index (χ0) is 16.0. The molecule has 2 aromatic rings. The van der Waals surface area contributed by atoms with Crippen LogP contribution in [-0.4, -0.2) is 15.0 Å². The number of nitrogens with zero attached hydrogens (tertiary/aromatic N) is 3. The summed E-state index contributed by atoms with van der Waals surface area (Å²) in [5, 5.41) is 0. The molecule has 112 valence electrons. The molecule has 1 aromatic carbocycles. The fourth-order valence-corrected chi connectivity index (χ4v) is 1.33. The third kappa shape index (κ3) is 7.62. The Labute approximate surface area is 124 Å². The zero-order valence-electron chi connectivity index (χ0n) is 14.2. The molecule has 0 unspecified atom stereocenters. The highest BCUT2D eigenvalue weighted by Gasteiger charge is 2.02. The number of aryl methyl sites for hydroxylation is 2. The van der Waals surface area contributed by atoms with Crippen LogP contribution in [-0.2, 0) is 0 Å². The lowest BCUT2D eigenvalue weighted by Gasteiger charge is -2.01. The minimum absolute atomic E-state index is 0.746. The largest absolute Gasteiger partial charge is 0.219 e. The lowest BCUT2D eigenvalue weighted by atomic mass is 10.2. The van der Waals surface area contributed by atoms with Crippen molar-refractivity contribution in [2.24, 2.45) is 0 Å². The van der Waals surface area contributed by atoms with Crippen molar-refractivity contribution in [3.05, 3.63) is 42.0 Å². The Morgan fingerprint density at radius 1 is 0.600 bits per heavy atom. The van der Waals surface area contributed by atoms with Gasteiger partial charge in [-0.2, -0.15) is 0 Å². The summed E-state index contributed by atoms with van der Waals surface area (Å²) in [4.78, 5) is 12.7. The highest BCUT2D eigenvalue weighted by Crippen LogP contribution is 2.13. The highest BCUT2D eigenvalue weighted by molar-refractivity contribution is 5.54. The fourth-order valence-electron chi connectivity index (χ4n) is 1.33. The van der Waals surface area contributed by atoms with Crippen LogP contribution in [0.5, 0.6) is 0 Å². The molecule has 0 radical (unpaired) electrons. The molecule has 0 saturated heterocycles. The summed E-state index contributed by atoms with van der Waals surface area (Å²) in [6.45, 7) is 15.8. The van der Waals surface area contributed by atoms with Crippen LogP contribution in [0.4, 0.5) is 0 Å². The number of aromatic nitrogens is 3. The minimum atomic E-state index is 0.746. The molecule has 0 atom stereocenters. The van der Waals surface area contributed by atoms with Crippen LogP contribution in [0.2, 0.25) is 0 Å². The number of hydrogen-bond acceptors (Lipinski definition) is 3. The van der Waals surface area contributed by atoms with Gasteiger partial charge in [-0.15, -0.1) is 0 Å². The molecule has 0 amide bonds. The van der Waals surface area contributed by atoms with E-state index >= 15 is 0 Å². The number of rotatable bonds is 1. The molecule has 3 nitrogen and oxygen atoms in total. The molecule has 1 heterocycles. The maximum atomic E-state index is 4.28. The maximum absolute atomic E-state index is 4.28. The van der Waals surface area contributed by atoms with Crippen molar-refractivity contribution >= 4 is 0 Å². The number of hydrogen-bond donors (Lipinski definition) is 0. The van der Waals surface area contributed by atoms with E-state index in [0.717, 1.165) is 23.0 Å². The Morgan fingerprint density at radius 2 is 1.00 bits per heavy atom. The van der Waals surface area contributed by atoms with Gasteiger partial charge in [-0.1, -0.05) is 71.9 Å². The van der Waals surface area contributed by atoms with Gasteiger partial charge < -0.3 is 0 Å². The summed E-state index contributed by atoms with van der Waals surface area (Å²) in [6.07, 6.45) is 0. The van der Waals surface area contributed by atoms with E-state index in [2.05, 4.69) is 15.0 Å². The highest BCUT2D eigenvalue weighted by atomic mass is 15.0.